The molecule has 126 valence electrons. The Labute approximate surface area is 155 Å². The lowest BCUT2D eigenvalue weighted by molar-refractivity contribution is -0.115. The standard InChI is InChI=1S/C20H18BrN3O/c21-17-11-12-18(22-13-17)24-19(25)14-23-20(15-7-3-1-4-8-15)16-9-5-2-6-10-16/h1-13,20,23H,14H2,(H,22,24,25). The SMILES string of the molecule is O=C(CNC(c1ccccc1)c1ccccc1)Nc1ccc(Br)cn1. The lowest BCUT2D eigenvalue weighted by Gasteiger charge is -2.19. The molecule has 0 aliphatic carbocycles. The Hall–Kier alpha value is -2.50. The third kappa shape index (κ3) is 4.98. The van der Waals surface area contributed by atoms with Crippen molar-refractivity contribution < 1.29 is 4.79 Å². The van der Waals surface area contributed by atoms with Crippen molar-refractivity contribution in [2.24, 2.45) is 0 Å². The Morgan fingerprint density at radius 2 is 1.52 bits per heavy atom. The topological polar surface area (TPSA) is 54.0 Å². The monoisotopic (exact) mass is 395 g/mol. The maximum atomic E-state index is 12.2. The van der Waals surface area contributed by atoms with E-state index < -0.39 is 0 Å². The van der Waals surface area contributed by atoms with Gasteiger partial charge in [-0.25, -0.2) is 4.98 Å². The number of anilines is 1. The number of hydrogen-bond acceptors (Lipinski definition) is 3. The molecule has 0 spiro atoms. The van der Waals surface area contributed by atoms with Gasteiger partial charge in [0.2, 0.25) is 5.91 Å². The second-order valence-corrected chi connectivity index (χ2v) is 6.46. The molecule has 0 saturated heterocycles. The second kappa shape index (κ2) is 8.55. The summed E-state index contributed by atoms with van der Waals surface area (Å²) in [5.41, 5.74) is 2.23. The first-order chi connectivity index (χ1) is 12.2. The largest absolute Gasteiger partial charge is 0.310 e. The predicted octanol–water partition coefficient (Wildman–Crippen LogP) is 4.16. The van der Waals surface area contributed by atoms with Gasteiger partial charge in [-0.3, -0.25) is 10.1 Å². The zero-order valence-electron chi connectivity index (χ0n) is 13.5. The van der Waals surface area contributed by atoms with E-state index in [1.807, 2.05) is 42.5 Å². The Morgan fingerprint density at radius 1 is 0.920 bits per heavy atom. The Morgan fingerprint density at radius 3 is 2.04 bits per heavy atom. The summed E-state index contributed by atoms with van der Waals surface area (Å²) in [6.07, 6.45) is 1.65. The second-order valence-electron chi connectivity index (χ2n) is 5.55. The van der Waals surface area contributed by atoms with Gasteiger partial charge in [0.15, 0.2) is 0 Å². The molecule has 4 nitrogen and oxygen atoms in total. The van der Waals surface area contributed by atoms with Crippen molar-refractivity contribution in [2.75, 3.05) is 11.9 Å². The molecule has 25 heavy (non-hydrogen) atoms. The van der Waals surface area contributed by atoms with Gasteiger partial charge in [0, 0.05) is 10.7 Å². The molecule has 1 amide bonds. The van der Waals surface area contributed by atoms with Gasteiger partial charge in [-0.05, 0) is 39.2 Å². The minimum atomic E-state index is -0.133. The van der Waals surface area contributed by atoms with Crippen LogP contribution < -0.4 is 10.6 Å². The van der Waals surface area contributed by atoms with Crippen LogP contribution in [0.5, 0.6) is 0 Å². The van der Waals surface area contributed by atoms with Gasteiger partial charge < -0.3 is 5.32 Å². The highest BCUT2D eigenvalue weighted by Gasteiger charge is 2.14. The van der Waals surface area contributed by atoms with E-state index in [4.69, 9.17) is 0 Å². The molecule has 1 heterocycles. The molecule has 0 aliphatic rings. The summed E-state index contributed by atoms with van der Waals surface area (Å²) in [6, 6.07) is 23.7. The molecule has 1 aromatic heterocycles. The van der Waals surface area contributed by atoms with Crippen LogP contribution in [0.4, 0.5) is 5.82 Å². The molecule has 3 aromatic rings. The molecular weight excluding hydrogens is 378 g/mol. The zero-order valence-corrected chi connectivity index (χ0v) is 15.1. The number of halogens is 1. The van der Waals surface area contributed by atoms with Gasteiger partial charge in [-0.15, -0.1) is 0 Å². The van der Waals surface area contributed by atoms with Crippen molar-refractivity contribution in [2.45, 2.75) is 6.04 Å². The fourth-order valence-electron chi connectivity index (χ4n) is 2.55. The number of nitrogens with zero attached hydrogens (tertiary/aromatic N) is 1. The van der Waals surface area contributed by atoms with Crippen molar-refractivity contribution in [1.82, 2.24) is 10.3 Å². The third-order valence-electron chi connectivity index (χ3n) is 3.73. The minimum absolute atomic E-state index is 0.0500. The zero-order chi connectivity index (χ0) is 17.5. The van der Waals surface area contributed by atoms with E-state index in [0.29, 0.717) is 5.82 Å². The van der Waals surface area contributed by atoms with Crippen LogP contribution in [0.15, 0.2) is 83.5 Å². The molecule has 5 heteroatoms. The molecule has 3 rings (SSSR count). The van der Waals surface area contributed by atoms with E-state index in [2.05, 4.69) is 55.8 Å². The minimum Gasteiger partial charge on any atom is -0.310 e. The fourth-order valence-corrected chi connectivity index (χ4v) is 2.79. The van der Waals surface area contributed by atoms with E-state index in [0.717, 1.165) is 15.6 Å². The van der Waals surface area contributed by atoms with Crippen molar-refractivity contribution >= 4 is 27.7 Å². The summed E-state index contributed by atoms with van der Waals surface area (Å²) in [6.45, 7) is 0.187. The number of rotatable bonds is 6. The highest BCUT2D eigenvalue weighted by Crippen LogP contribution is 2.21. The first-order valence-corrected chi connectivity index (χ1v) is 8.76. The highest BCUT2D eigenvalue weighted by molar-refractivity contribution is 9.10. The summed E-state index contributed by atoms with van der Waals surface area (Å²) in [5.74, 6) is 0.401. The molecule has 0 radical (unpaired) electrons. The fraction of sp³-hybridized carbons (Fsp3) is 0.100. The van der Waals surface area contributed by atoms with Gasteiger partial charge in [-0.2, -0.15) is 0 Å². The number of amides is 1. The lowest BCUT2D eigenvalue weighted by Crippen LogP contribution is -2.32. The van der Waals surface area contributed by atoms with Crippen LogP contribution in [0.25, 0.3) is 0 Å². The van der Waals surface area contributed by atoms with E-state index in [1.165, 1.54) is 0 Å². The van der Waals surface area contributed by atoms with Crippen molar-refractivity contribution in [3.8, 4) is 0 Å². The molecule has 0 aliphatic heterocycles. The lowest BCUT2D eigenvalue weighted by atomic mass is 9.99. The summed E-state index contributed by atoms with van der Waals surface area (Å²) in [7, 11) is 0. The van der Waals surface area contributed by atoms with E-state index >= 15 is 0 Å². The Kier molecular flexibility index (Phi) is 5.93. The van der Waals surface area contributed by atoms with Gasteiger partial charge in [0.1, 0.15) is 5.82 Å². The average Bonchev–Trinajstić information content (AvgIpc) is 2.66. The molecule has 0 bridgehead atoms. The van der Waals surface area contributed by atoms with Crippen molar-refractivity contribution in [3.63, 3.8) is 0 Å². The molecule has 2 N–H and O–H groups in total. The first kappa shape index (κ1) is 17.3. The molecule has 2 aromatic carbocycles. The maximum absolute atomic E-state index is 12.2. The third-order valence-corrected chi connectivity index (χ3v) is 4.20. The van der Waals surface area contributed by atoms with E-state index in [-0.39, 0.29) is 18.5 Å². The van der Waals surface area contributed by atoms with Gasteiger partial charge >= 0.3 is 0 Å². The number of hydrogen-bond donors (Lipinski definition) is 2. The molecular formula is C20H18BrN3O. The molecule has 0 fully saturated rings. The number of aromatic nitrogens is 1. The summed E-state index contributed by atoms with van der Waals surface area (Å²) < 4.78 is 0.872. The van der Waals surface area contributed by atoms with Crippen molar-refractivity contribution in [3.05, 3.63) is 94.6 Å². The predicted molar refractivity (Wildman–Crippen MR) is 103 cm³/mol. The van der Waals surface area contributed by atoms with Crippen LogP contribution in [-0.2, 0) is 4.79 Å². The Bertz CT molecular complexity index is 768. The number of carbonyl (C=O) groups is 1. The molecule has 0 atom stereocenters. The molecule has 0 unspecified atom stereocenters. The van der Waals surface area contributed by atoms with Crippen LogP contribution in [0.2, 0.25) is 0 Å². The van der Waals surface area contributed by atoms with Crippen LogP contribution >= 0.6 is 15.9 Å². The average molecular weight is 396 g/mol. The number of carbonyl (C=O) groups excluding carboxylic acids is 1. The van der Waals surface area contributed by atoms with E-state index in [9.17, 15) is 4.79 Å². The summed E-state index contributed by atoms with van der Waals surface area (Å²) >= 11 is 3.33. The van der Waals surface area contributed by atoms with Gasteiger partial charge in [-0.1, -0.05) is 60.7 Å². The Balaban J connectivity index is 1.68. The first-order valence-electron chi connectivity index (χ1n) is 7.97. The number of benzene rings is 2. The van der Waals surface area contributed by atoms with Crippen LogP contribution in [-0.4, -0.2) is 17.4 Å². The summed E-state index contributed by atoms with van der Waals surface area (Å²) in [5, 5.41) is 6.13. The molecule has 0 saturated carbocycles. The summed E-state index contributed by atoms with van der Waals surface area (Å²) in [4.78, 5) is 16.4. The highest BCUT2D eigenvalue weighted by atomic mass is 79.9. The van der Waals surface area contributed by atoms with Gasteiger partial charge in [0.25, 0.3) is 0 Å². The van der Waals surface area contributed by atoms with Crippen LogP contribution in [0, 0.1) is 0 Å². The number of pyridine rings is 1. The van der Waals surface area contributed by atoms with Gasteiger partial charge in [0.05, 0.1) is 12.6 Å². The smallest absolute Gasteiger partial charge is 0.239 e. The normalized spacial score (nSPS) is 10.6. The van der Waals surface area contributed by atoms with Crippen molar-refractivity contribution in [1.29, 1.82) is 0 Å². The number of nitrogens with one attached hydrogen (secondary N) is 2. The quantitative estimate of drug-likeness (QED) is 0.658. The maximum Gasteiger partial charge on any atom is 0.239 e. The van der Waals surface area contributed by atoms with Crippen LogP contribution in [0.1, 0.15) is 17.2 Å². The van der Waals surface area contributed by atoms with E-state index in [1.54, 1.807) is 12.3 Å². The van der Waals surface area contributed by atoms with Crippen LogP contribution in [0.3, 0.4) is 0 Å².